The van der Waals surface area contributed by atoms with Crippen molar-refractivity contribution in [3.63, 3.8) is 0 Å². The molecule has 0 heterocycles. The van der Waals surface area contributed by atoms with Crippen LogP contribution in [0.5, 0.6) is 5.75 Å². The topological polar surface area (TPSA) is 27.7 Å². The molecule has 25 heavy (non-hydrogen) atoms. The summed E-state index contributed by atoms with van der Waals surface area (Å²) in [6.07, 6.45) is 12.6. The Bertz CT molecular complexity index is 423. The second-order valence-corrected chi connectivity index (χ2v) is 7.00. The summed E-state index contributed by atoms with van der Waals surface area (Å²) in [5.41, 5.74) is 1.35. The molecule has 1 aromatic rings. The normalized spacial score (nSPS) is 15.4. The van der Waals surface area contributed by atoms with Crippen LogP contribution in [0.3, 0.4) is 0 Å². The van der Waals surface area contributed by atoms with Gasteiger partial charge >= 0.3 is 0 Å². The molecule has 0 aliphatic heterocycles. The summed E-state index contributed by atoms with van der Waals surface area (Å²) in [4.78, 5) is 0. The van der Waals surface area contributed by atoms with Gasteiger partial charge in [-0.1, -0.05) is 38.3 Å². The lowest BCUT2D eigenvalue weighted by molar-refractivity contribution is 0.0225. The maximum atomic E-state index is 5.93. The van der Waals surface area contributed by atoms with Crippen molar-refractivity contribution in [1.29, 1.82) is 0 Å². The average Bonchev–Trinajstić information content (AvgIpc) is 2.67. The lowest BCUT2D eigenvalue weighted by Crippen LogP contribution is -2.17. The number of benzene rings is 1. The third-order valence-corrected chi connectivity index (χ3v) is 4.87. The minimum atomic E-state index is 0.535. The molecule has 1 fully saturated rings. The van der Waals surface area contributed by atoms with E-state index in [0.29, 0.717) is 6.10 Å². The van der Waals surface area contributed by atoms with Crippen LogP contribution < -0.4 is 4.74 Å². The van der Waals surface area contributed by atoms with Gasteiger partial charge in [0.15, 0.2) is 0 Å². The fourth-order valence-electron chi connectivity index (χ4n) is 3.21. The largest absolute Gasteiger partial charge is 0.494 e. The molecule has 0 saturated heterocycles. The smallest absolute Gasteiger partial charge is 0.119 e. The quantitative estimate of drug-likeness (QED) is 0.437. The van der Waals surface area contributed by atoms with Crippen molar-refractivity contribution in [2.75, 3.05) is 26.4 Å². The zero-order chi connectivity index (χ0) is 17.6. The van der Waals surface area contributed by atoms with Gasteiger partial charge in [0.1, 0.15) is 5.75 Å². The lowest BCUT2D eigenvalue weighted by Gasteiger charge is -2.21. The summed E-state index contributed by atoms with van der Waals surface area (Å²) in [7, 11) is 0. The summed E-state index contributed by atoms with van der Waals surface area (Å²) in [5.74, 6) is 0.969. The van der Waals surface area contributed by atoms with E-state index < -0.39 is 0 Å². The number of hydrogen-bond donors (Lipinski definition) is 0. The fraction of sp³-hybridized carbons (Fsp3) is 0.727. The molecule has 0 radical (unpaired) electrons. The van der Waals surface area contributed by atoms with Gasteiger partial charge < -0.3 is 14.2 Å². The summed E-state index contributed by atoms with van der Waals surface area (Å²) in [5, 5.41) is 0. The molecule has 1 aliphatic carbocycles. The van der Waals surface area contributed by atoms with E-state index in [9.17, 15) is 0 Å². The molecule has 0 aromatic heterocycles. The lowest BCUT2D eigenvalue weighted by atomic mass is 9.98. The molecule has 2 rings (SSSR count). The standard InChI is InChI=1S/C22H36O3/c1-2-20-12-14-22(15-13-20)25-19-9-7-17-23-16-6-8-18-24-21-10-4-3-5-11-21/h12-15,21H,2-11,16-19H2,1H3. The Hall–Kier alpha value is -1.06. The van der Waals surface area contributed by atoms with Gasteiger partial charge in [-0.2, -0.15) is 0 Å². The van der Waals surface area contributed by atoms with E-state index in [1.165, 1.54) is 37.7 Å². The van der Waals surface area contributed by atoms with Gasteiger partial charge in [0, 0.05) is 19.8 Å². The second kappa shape index (κ2) is 13.2. The first-order valence-electron chi connectivity index (χ1n) is 10.3. The van der Waals surface area contributed by atoms with Gasteiger partial charge in [0.2, 0.25) is 0 Å². The molecule has 1 saturated carbocycles. The van der Waals surface area contributed by atoms with Crippen molar-refractivity contribution in [2.45, 2.75) is 77.2 Å². The van der Waals surface area contributed by atoms with Crippen LogP contribution in [-0.2, 0) is 15.9 Å². The highest BCUT2D eigenvalue weighted by Crippen LogP contribution is 2.20. The van der Waals surface area contributed by atoms with Crippen LogP contribution in [0.2, 0.25) is 0 Å². The molecule has 0 N–H and O–H groups in total. The first kappa shape index (κ1) is 20.3. The predicted octanol–water partition coefficient (Wildman–Crippen LogP) is 5.55. The third kappa shape index (κ3) is 9.27. The van der Waals surface area contributed by atoms with E-state index >= 15 is 0 Å². The van der Waals surface area contributed by atoms with Gasteiger partial charge in [-0.15, -0.1) is 0 Å². The van der Waals surface area contributed by atoms with Crippen LogP contribution in [0.25, 0.3) is 0 Å². The van der Waals surface area contributed by atoms with Crippen molar-refractivity contribution >= 4 is 0 Å². The summed E-state index contributed by atoms with van der Waals surface area (Å²) >= 11 is 0. The average molecular weight is 349 g/mol. The SMILES string of the molecule is CCc1ccc(OCCCCOCCCCOC2CCCCC2)cc1. The Labute approximate surface area is 154 Å². The van der Waals surface area contributed by atoms with E-state index in [0.717, 1.165) is 64.3 Å². The molecular formula is C22H36O3. The number of rotatable bonds is 13. The van der Waals surface area contributed by atoms with Crippen molar-refractivity contribution < 1.29 is 14.2 Å². The molecule has 142 valence electrons. The number of hydrogen-bond acceptors (Lipinski definition) is 3. The van der Waals surface area contributed by atoms with E-state index in [1.807, 2.05) is 0 Å². The minimum absolute atomic E-state index is 0.535. The van der Waals surface area contributed by atoms with E-state index in [1.54, 1.807) is 0 Å². The molecule has 0 unspecified atom stereocenters. The monoisotopic (exact) mass is 348 g/mol. The maximum absolute atomic E-state index is 5.93. The highest BCUT2D eigenvalue weighted by Gasteiger charge is 2.12. The fourth-order valence-corrected chi connectivity index (χ4v) is 3.21. The number of aryl methyl sites for hydroxylation is 1. The van der Waals surface area contributed by atoms with E-state index in [-0.39, 0.29) is 0 Å². The first-order valence-corrected chi connectivity index (χ1v) is 10.3. The Kier molecular flexibility index (Phi) is 10.7. The Morgan fingerprint density at radius 3 is 2.12 bits per heavy atom. The van der Waals surface area contributed by atoms with Gasteiger partial charge in [0.05, 0.1) is 12.7 Å². The van der Waals surface area contributed by atoms with Crippen LogP contribution in [-0.4, -0.2) is 32.5 Å². The van der Waals surface area contributed by atoms with Crippen molar-refractivity contribution in [3.8, 4) is 5.75 Å². The predicted molar refractivity (Wildman–Crippen MR) is 103 cm³/mol. The van der Waals surface area contributed by atoms with Gasteiger partial charge in [-0.05, 0) is 62.6 Å². The van der Waals surface area contributed by atoms with Gasteiger partial charge in [0.25, 0.3) is 0 Å². The van der Waals surface area contributed by atoms with Crippen molar-refractivity contribution in [1.82, 2.24) is 0 Å². The Balaban J connectivity index is 1.33. The highest BCUT2D eigenvalue weighted by atomic mass is 16.5. The molecule has 0 atom stereocenters. The zero-order valence-electron chi connectivity index (χ0n) is 16.0. The van der Waals surface area contributed by atoms with Crippen LogP contribution in [0, 0.1) is 0 Å². The molecule has 0 amide bonds. The van der Waals surface area contributed by atoms with E-state index in [4.69, 9.17) is 14.2 Å². The van der Waals surface area contributed by atoms with E-state index in [2.05, 4.69) is 31.2 Å². The Morgan fingerprint density at radius 1 is 0.800 bits per heavy atom. The summed E-state index contributed by atoms with van der Waals surface area (Å²) < 4.78 is 17.4. The molecule has 3 nitrogen and oxygen atoms in total. The van der Waals surface area contributed by atoms with Crippen LogP contribution in [0.1, 0.15) is 70.3 Å². The van der Waals surface area contributed by atoms with Crippen molar-refractivity contribution in [3.05, 3.63) is 29.8 Å². The molecule has 1 aromatic carbocycles. The highest BCUT2D eigenvalue weighted by molar-refractivity contribution is 5.27. The van der Waals surface area contributed by atoms with Gasteiger partial charge in [-0.3, -0.25) is 0 Å². The number of ether oxygens (including phenoxy) is 3. The molecule has 3 heteroatoms. The minimum Gasteiger partial charge on any atom is -0.494 e. The van der Waals surface area contributed by atoms with Crippen LogP contribution >= 0.6 is 0 Å². The first-order chi connectivity index (χ1) is 12.4. The van der Waals surface area contributed by atoms with Crippen LogP contribution in [0.4, 0.5) is 0 Å². The summed E-state index contributed by atoms with van der Waals surface area (Å²) in [6, 6.07) is 8.39. The molecule has 0 bridgehead atoms. The second-order valence-electron chi connectivity index (χ2n) is 7.00. The maximum Gasteiger partial charge on any atom is 0.119 e. The van der Waals surface area contributed by atoms with Crippen LogP contribution in [0.15, 0.2) is 24.3 Å². The molecule has 1 aliphatic rings. The Morgan fingerprint density at radius 2 is 1.44 bits per heavy atom. The zero-order valence-corrected chi connectivity index (χ0v) is 16.0. The summed E-state index contributed by atoms with van der Waals surface area (Å²) in [6.45, 7) is 5.53. The molecule has 0 spiro atoms. The molecular weight excluding hydrogens is 312 g/mol. The van der Waals surface area contributed by atoms with Gasteiger partial charge in [-0.25, -0.2) is 0 Å². The number of unbranched alkanes of at least 4 members (excludes halogenated alkanes) is 2. The third-order valence-electron chi connectivity index (χ3n) is 4.87. The van der Waals surface area contributed by atoms with Crippen molar-refractivity contribution in [2.24, 2.45) is 0 Å².